The molecule has 0 heterocycles. The number of hydrogen-bond acceptors (Lipinski definition) is 2. The molecule has 0 fully saturated rings. The summed E-state index contributed by atoms with van der Waals surface area (Å²) in [5.74, 6) is 0. The molecule has 0 aromatic heterocycles. The molecule has 0 unspecified atom stereocenters. The smallest absolute Gasteiger partial charge is 0.312 e. The van der Waals surface area contributed by atoms with Gasteiger partial charge in [0, 0.05) is 25.3 Å². The average Bonchev–Trinajstić information content (AvgIpc) is 2.29. The van der Waals surface area contributed by atoms with Gasteiger partial charge in [-0.1, -0.05) is 12.1 Å². The monoisotopic (exact) mass is 221 g/mol. The maximum absolute atomic E-state index is 10.5. The van der Waals surface area contributed by atoms with Crippen LogP contribution >= 0.6 is 0 Å². The Hall–Kier alpha value is -1.71. The van der Waals surface area contributed by atoms with Crippen LogP contribution in [0.15, 0.2) is 24.3 Å². The molecule has 0 radical (unpaired) electrons. The molecule has 16 heavy (non-hydrogen) atoms. The lowest BCUT2D eigenvalue weighted by molar-refractivity contribution is 0.248. The van der Waals surface area contributed by atoms with Gasteiger partial charge >= 0.3 is 6.03 Å². The first kappa shape index (κ1) is 12.4. The van der Waals surface area contributed by atoms with Gasteiger partial charge in [0.2, 0.25) is 0 Å². The quantitative estimate of drug-likeness (QED) is 0.795. The fourth-order valence-electron chi connectivity index (χ4n) is 1.60. The Bertz CT molecular complexity index is 331. The number of benzene rings is 1. The van der Waals surface area contributed by atoms with Crippen molar-refractivity contribution < 1.29 is 4.79 Å². The van der Waals surface area contributed by atoms with E-state index in [2.05, 4.69) is 36.2 Å². The summed E-state index contributed by atoms with van der Waals surface area (Å²) in [4.78, 5) is 12.8. The Morgan fingerprint density at radius 3 is 2.25 bits per heavy atom. The first-order valence-corrected chi connectivity index (χ1v) is 5.54. The molecule has 4 nitrogen and oxygen atoms in total. The molecule has 0 saturated carbocycles. The van der Waals surface area contributed by atoms with Crippen molar-refractivity contribution >= 4 is 11.7 Å². The number of carbonyl (C=O) groups is 1. The van der Waals surface area contributed by atoms with Crippen LogP contribution in [0, 0.1) is 0 Å². The van der Waals surface area contributed by atoms with Crippen LogP contribution in [0.3, 0.4) is 0 Å². The molecule has 0 aliphatic carbocycles. The predicted molar refractivity (Wildman–Crippen MR) is 66.4 cm³/mol. The molecule has 0 saturated heterocycles. The molecule has 0 atom stereocenters. The van der Waals surface area contributed by atoms with E-state index in [9.17, 15) is 4.79 Å². The second-order valence-corrected chi connectivity index (χ2v) is 3.56. The molecule has 0 bridgehead atoms. The zero-order chi connectivity index (χ0) is 12.0. The minimum Gasteiger partial charge on any atom is -0.372 e. The van der Waals surface area contributed by atoms with Crippen molar-refractivity contribution in [2.75, 3.05) is 18.0 Å². The number of nitrogens with one attached hydrogen (secondary N) is 1. The summed E-state index contributed by atoms with van der Waals surface area (Å²) in [5.41, 5.74) is 7.26. The van der Waals surface area contributed by atoms with Gasteiger partial charge in [0.15, 0.2) is 0 Å². The molecule has 88 valence electrons. The maximum Gasteiger partial charge on any atom is 0.312 e. The fourth-order valence-corrected chi connectivity index (χ4v) is 1.60. The van der Waals surface area contributed by atoms with Crippen LogP contribution in [0.1, 0.15) is 19.4 Å². The number of anilines is 1. The summed E-state index contributed by atoms with van der Waals surface area (Å²) in [6, 6.07) is 7.64. The molecule has 1 aromatic rings. The Kier molecular flexibility index (Phi) is 4.64. The van der Waals surface area contributed by atoms with Gasteiger partial charge in [-0.25, -0.2) is 4.79 Å². The Morgan fingerprint density at radius 1 is 1.25 bits per heavy atom. The van der Waals surface area contributed by atoms with Gasteiger partial charge in [0.05, 0.1) is 0 Å². The third-order valence-corrected chi connectivity index (χ3v) is 2.53. The van der Waals surface area contributed by atoms with Crippen LogP contribution in [-0.2, 0) is 6.54 Å². The highest BCUT2D eigenvalue weighted by molar-refractivity contribution is 5.71. The lowest BCUT2D eigenvalue weighted by Gasteiger charge is -2.21. The maximum atomic E-state index is 10.5. The molecular formula is C12H19N3O. The highest BCUT2D eigenvalue weighted by Crippen LogP contribution is 2.14. The van der Waals surface area contributed by atoms with Gasteiger partial charge in [0.25, 0.3) is 0 Å². The first-order valence-electron chi connectivity index (χ1n) is 5.54. The Labute approximate surface area is 96.4 Å². The number of nitrogens with zero attached hydrogens (tertiary/aromatic N) is 1. The van der Waals surface area contributed by atoms with Gasteiger partial charge in [-0.05, 0) is 31.5 Å². The second kappa shape index (κ2) is 6.00. The van der Waals surface area contributed by atoms with Gasteiger partial charge in [-0.3, -0.25) is 0 Å². The number of carbonyl (C=O) groups excluding carboxylic acids is 1. The molecule has 1 rings (SSSR count). The molecule has 3 N–H and O–H groups in total. The third kappa shape index (κ3) is 3.46. The van der Waals surface area contributed by atoms with E-state index in [1.165, 1.54) is 5.69 Å². The topological polar surface area (TPSA) is 58.4 Å². The second-order valence-electron chi connectivity index (χ2n) is 3.56. The summed E-state index contributed by atoms with van der Waals surface area (Å²) < 4.78 is 0. The zero-order valence-corrected chi connectivity index (χ0v) is 9.86. The van der Waals surface area contributed by atoms with Gasteiger partial charge in [-0.2, -0.15) is 0 Å². The van der Waals surface area contributed by atoms with E-state index in [1.807, 2.05) is 12.1 Å². The third-order valence-electron chi connectivity index (χ3n) is 2.53. The summed E-state index contributed by atoms with van der Waals surface area (Å²) in [5, 5.41) is 2.56. The normalized spacial score (nSPS) is 9.88. The van der Waals surface area contributed by atoms with Crippen molar-refractivity contribution in [2.24, 2.45) is 5.73 Å². The molecule has 2 amide bonds. The van der Waals surface area contributed by atoms with Gasteiger partial charge in [-0.15, -0.1) is 0 Å². The van der Waals surface area contributed by atoms with Crippen molar-refractivity contribution in [2.45, 2.75) is 20.4 Å². The SMILES string of the molecule is CCN(CC)c1ccc(CNC(N)=O)cc1. The molecule has 1 aromatic carbocycles. The van der Waals surface area contributed by atoms with Crippen LogP contribution < -0.4 is 16.0 Å². The van der Waals surface area contributed by atoms with Gasteiger partial charge < -0.3 is 16.0 Å². The van der Waals surface area contributed by atoms with Crippen molar-refractivity contribution in [1.82, 2.24) is 5.32 Å². The van der Waals surface area contributed by atoms with Crippen molar-refractivity contribution in [3.63, 3.8) is 0 Å². The minimum atomic E-state index is -0.493. The average molecular weight is 221 g/mol. The standard InChI is InChI=1S/C12H19N3O/c1-3-15(4-2)11-7-5-10(6-8-11)9-14-12(13)16/h5-8H,3-4,9H2,1-2H3,(H3,13,14,16). The molecule has 0 aliphatic heterocycles. The van der Waals surface area contributed by atoms with E-state index < -0.39 is 6.03 Å². The first-order chi connectivity index (χ1) is 7.67. The van der Waals surface area contributed by atoms with Crippen LogP contribution in [0.5, 0.6) is 0 Å². The summed E-state index contributed by atoms with van der Waals surface area (Å²) in [6.07, 6.45) is 0. The largest absolute Gasteiger partial charge is 0.372 e. The number of hydrogen-bond donors (Lipinski definition) is 2. The summed E-state index contributed by atoms with van der Waals surface area (Å²) >= 11 is 0. The van der Waals surface area contributed by atoms with Gasteiger partial charge in [0.1, 0.15) is 0 Å². The highest BCUT2D eigenvalue weighted by atomic mass is 16.2. The zero-order valence-electron chi connectivity index (χ0n) is 9.86. The molecule has 0 aliphatic rings. The van der Waals surface area contributed by atoms with E-state index in [4.69, 9.17) is 5.73 Å². The summed E-state index contributed by atoms with van der Waals surface area (Å²) in [7, 11) is 0. The van der Waals surface area contributed by atoms with Crippen LogP contribution in [-0.4, -0.2) is 19.1 Å². The van der Waals surface area contributed by atoms with E-state index in [0.717, 1.165) is 18.7 Å². The number of urea groups is 1. The number of primary amides is 1. The summed E-state index contributed by atoms with van der Waals surface area (Å²) in [6.45, 7) is 6.73. The van der Waals surface area contributed by atoms with E-state index in [0.29, 0.717) is 6.54 Å². The lowest BCUT2D eigenvalue weighted by Crippen LogP contribution is -2.28. The highest BCUT2D eigenvalue weighted by Gasteiger charge is 2.01. The minimum absolute atomic E-state index is 0.480. The lowest BCUT2D eigenvalue weighted by atomic mass is 10.2. The van der Waals surface area contributed by atoms with Crippen molar-refractivity contribution in [3.8, 4) is 0 Å². The van der Waals surface area contributed by atoms with E-state index in [1.54, 1.807) is 0 Å². The molecule has 0 spiro atoms. The van der Waals surface area contributed by atoms with E-state index >= 15 is 0 Å². The predicted octanol–water partition coefficient (Wildman–Crippen LogP) is 1.70. The van der Waals surface area contributed by atoms with Crippen molar-refractivity contribution in [1.29, 1.82) is 0 Å². The number of amides is 2. The molecule has 4 heteroatoms. The van der Waals surface area contributed by atoms with Crippen LogP contribution in [0.2, 0.25) is 0 Å². The number of rotatable bonds is 5. The van der Waals surface area contributed by atoms with Crippen molar-refractivity contribution in [3.05, 3.63) is 29.8 Å². The van der Waals surface area contributed by atoms with Crippen LogP contribution in [0.25, 0.3) is 0 Å². The van der Waals surface area contributed by atoms with E-state index in [-0.39, 0.29) is 0 Å². The fraction of sp³-hybridized carbons (Fsp3) is 0.417. The number of nitrogens with two attached hydrogens (primary N) is 1. The Morgan fingerprint density at radius 2 is 1.81 bits per heavy atom. The molecular weight excluding hydrogens is 202 g/mol. The van der Waals surface area contributed by atoms with Crippen LogP contribution in [0.4, 0.5) is 10.5 Å². The Balaban J connectivity index is 2.63.